The molecule has 106 valence electrons. The number of rotatable bonds is 2. The first kappa shape index (κ1) is 14.2. The second kappa shape index (κ2) is 5.58. The molecule has 0 aliphatic rings. The van der Waals surface area contributed by atoms with Gasteiger partial charge in [0, 0.05) is 5.56 Å². The summed E-state index contributed by atoms with van der Waals surface area (Å²) >= 11 is 3.22. The third-order valence-corrected chi connectivity index (χ3v) is 4.43. The van der Waals surface area contributed by atoms with Crippen LogP contribution in [0.2, 0.25) is 0 Å². The topological polar surface area (TPSA) is 26.0 Å². The van der Waals surface area contributed by atoms with Crippen LogP contribution in [0.4, 0.5) is 4.39 Å². The Balaban J connectivity index is 2.24. The second-order valence-electron chi connectivity index (χ2n) is 5.14. The van der Waals surface area contributed by atoms with Crippen LogP contribution in [0.15, 0.2) is 59.1 Å². The third-order valence-electron chi connectivity index (χ3n) is 3.82. The van der Waals surface area contributed by atoms with Crippen molar-refractivity contribution in [1.29, 1.82) is 0 Å². The van der Waals surface area contributed by atoms with E-state index < -0.39 is 6.04 Å². The van der Waals surface area contributed by atoms with Crippen molar-refractivity contribution in [3.63, 3.8) is 0 Å². The predicted molar refractivity (Wildman–Crippen MR) is 88.8 cm³/mol. The van der Waals surface area contributed by atoms with E-state index in [0.29, 0.717) is 10.0 Å². The monoisotopic (exact) mass is 343 g/mol. The van der Waals surface area contributed by atoms with Crippen molar-refractivity contribution >= 4 is 26.7 Å². The standard InChI is InChI=1S/C18H15BrFN/c1-11-9-10-12-5-2-3-6-13(12)16(11)18(21)14-7-4-8-15(19)17(14)20/h2-10,18H,21H2,1H3. The largest absolute Gasteiger partial charge is 0.320 e. The van der Waals surface area contributed by atoms with Crippen LogP contribution >= 0.6 is 15.9 Å². The Labute approximate surface area is 131 Å². The zero-order chi connectivity index (χ0) is 15.0. The highest BCUT2D eigenvalue weighted by atomic mass is 79.9. The number of aryl methyl sites for hydroxylation is 1. The number of benzene rings is 3. The lowest BCUT2D eigenvalue weighted by Crippen LogP contribution is -2.15. The molecule has 0 fully saturated rings. The molecule has 0 aliphatic heterocycles. The Morgan fingerprint density at radius 1 is 1.00 bits per heavy atom. The molecule has 1 unspecified atom stereocenters. The van der Waals surface area contributed by atoms with Gasteiger partial charge in [-0.25, -0.2) is 4.39 Å². The van der Waals surface area contributed by atoms with Gasteiger partial charge in [-0.1, -0.05) is 48.5 Å². The summed E-state index contributed by atoms with van der Waals surface area (Å²) < 4.78 is 14.8. The fourth-order valence-electron chi connectivity index (χ4n) is 2.73. The van der Waals surface area contributed by atoms with Gasteiger partial charge in [-0.05, 0) is 50.8 Å². The smallest absolute Gasteiger partial charge is 0.142 e. The average molecular weight is 344 g/mol. The van der Waals surface area contributed by atoms with Gasteiger partial charge in [-0.15, -0.1) is 0 Å². The van der Waals surface area contributed by atoms with Gasteiger partial charge >= 0.3 is 0 Å². The lowest BCUT2D eigenvalue weighted by atomic mass is 9.90. The molecule has 1 atom stereocenters. The van der Waals surface area contributed by atoms with E-state index in [0.717, 1.165) is 21.9 Å². The molecule has 3 heteroatoms. The van der Waals surface area contributed by atoms with E-state index in [1.54, 1.807) is 12.1 Å². The highest BCUT2D eigenvalue weighted by Crippen LogP contribution is 2.32. The van der Waals surface area contributed by atoms with Gasteiger partial charge in [-0.3, -0.25) is 0 Å². The Morgan fingerprint density at radius 2 is 1.76 bits per heavy atom. The summed E-state index contributed by atoms with van der Waals surface area (Å²) in [6.07, 6.45) is 0. The number of hydrogen-bond acceptors (Lipinski definition) is 1. The first-order chi connectivity index (χ1) is 10.1. The van der Waals surface area contributed by atoms with Gasteiger partial charge in [0.1, 0.15) is 5.82 Å². The lowest BCUT2D eigenvalue weighted by molar-refractivity contribution is 0.593. The molecule has 0 saturated carbocycles. The molecule has 0 bridgehead atoms. The fourth-order valence-corrected chi connectivity index (χ4v) is 3.12. The molecule has 0 amide bonds. The van der Waals surface area contributed by atoms with Crippen LogP contribution in [0.25, 0.3) is 10.8 Å². The van der Waals surface area contributed by atoms with Crippen LogP contribution in [-0.2, 0) is 0 Å². The van der Waals surface area contributed by atoms with Gasteiger partial charge in [-0.2, -0.15) is 0 Å². The fraction of sp³-hybridized carbons (Fsp3) is 0.111. The third kappa shape index (κ3) is 2.47. The zero-order valence-electron chi connectivity index (χ0n) is 11.6. The molecular weight excluding hydrogens is 329 g/mol. The van der Waals surface area contributed by atoms with Crippen LogP contribution in [0, 0.1) is 12.7 Å². The first-order valence-electron chi connectivity index (χ1n) is 6.77. The Morgan fingerprint density at radius 3 is 2.57 bits per heavy atom. The Kier molecular flexibility index (Phi) is 3.79. The zero-order valence-corrected chi connectivity index (χ0v) is 13.2. The van der Waals surface area contributed by atoms with E-state index in [2.05, 4.69) is 22.0 Å². The summed E-state index contributed by atoms with van der Waals surface area (Å²) in [5, 5.41) is 2.19. The van der Waals surface area contributed by atoms with Crippen molar-refractivity contribution < 1.29 is 4.39 Å². The minimum Gasteiger partial charge on any atom is -0.320 e. The minimum absolute atomic E-state index is 0.294. The summed E-state index contributed by atoms with van der Waals surface area (Å²) in [5.41, 5.74) is 8.94. The summed E-state index contributed by atoms with van der Waals surface area (Å²) in [4.78, 5) is 0. The van der Waals surface area contributed by atoms with Gasteiger partial charge in [0.25, 0.3) is 0 Å². The van der Waals surface area contributed by atoms with Gasteiger partial charge in [0.15, 0.2) is 0 Å². The van der Waals surface area contributed by atoms with Crippen LogP contribution in [0.1, 0.15) is 22.7 Å². The summed E-state index contributed by atoms with van der Waals surface area (Å²) in [7, 11) is 0. The number of hydrogen-bond donors (Lipinski definition) is 1. The predicted octanol–water partition coefficient (Wildman–Crippen LogP) is 5.10. The Hall–Kier alpha value is -1.71. The highest BCUT2D eigenvalue weighted by Gasteiger charge is 2.19. The van der Waals surface area contributed by atoms with E-state index in [-0.39, 0.29) is 5.82 Å². The molecule has 3 rings (SSSR count). The van der Waals surface area contributed by atoms with Gasteiger partial charge < -0.3 is 5.73 Å². The summed E-state index contributed by atoms with van der Waals surface area (Å²) in [6, 6.07) is 16.9. The average Bonchev–Trinajstić information content (AvgIpc) is 2.49. The van der Waals surface area contributed by atoms with Crippen LogP contribution < -0.4 is 5.73 Å². The molecule has 21 heavy (non-hydrogen) atoms. The normalized spacial score (nSPS) is 12.6. The molecule has 1 nitrogen and oxygen atoms in total. The van der Waals surface area contributed by atoms with E-state index in [4.69, 9.17) is 5.73 Å². The molecule has 3 aromatic rings. The quantitative estimate of drug-likeness (QED) is 0.688. The van der Waals surface area contributed by atoms with E-state index in [9.17, 15) is 4.39 Å². The number of nitrogens with two attached hydrogens (primary N) is 1. The van der Waals surface area contributed by atoms with E-state index in [1.165, 1.54) is 0 Å². The van der Waals surface area contributed by atoms with Crippen LogP contribution in [0.5, 0.6) is 0 Å². The van der Waals surface area contributed by atoms with Crippen molar-refractivity contribution in [3.05, 3.63) is 81.6 Å². The van der Waals surface area contributed by atoms with Crippen LogP contribution in [-0.4, -0.2) is 0 Å². The molecule has 2 N–H and O–H groups in total. The van der Waals surface area contributed by atoms with Crippen molar-refractivity contribution in [3.8, 4) is 0 Å². The van der Waals surface area contributed by atoms with Crippen molar-refractivity contribution in [2.75, 3.05) is 0 Å². The molecule has 0 aromatic heterocycles. The summed E-state index contributed by atoms with van der Waals surface area (Å²) in [6.45, 7) is 2.01. The van der Waals surface area contributed by atoms with Crippen molar-refractivity contribution in [1.82, 2.24) is 0 Å². The lowest BCUT2D eigenvalue weighted by Gasteiger charge is -2.19. The maximum absolute atomic E-state index is 14.3. The molecule has 0 heterocycles. The molecule has 0 saturated heterocycles. The highest BCUT2D eigenvalue weighted by molar-refractivity contribution is 9.10. The molecule has 3 aromatic carbocycles. The van der Waals surface area contributed by atoms with Crippen LogP contribution in [0.3, 0.4) is 0 Å². The van der Waals surface area contributed by atoms with E-state index in [1.807, 2.05) is 43.3 Å². The van der Waals surface area contributed by atoms with Gasteiger partial charge in [0.2, 0.25) is 0 Å². The van der Waals surface area contributed by atoms with Crippen molar-refractivity contribution in [2.24, 2.45) is 5.73 Å². The maximum Gasteiger partial charge on any atom is 0.142 e. The Bertz CT molecular complexity index is 813. The maximum atomic E-state index is 14.3. The molecule has 0 spiro atoms. The first-order valence-corrected chi connectivity index (χ1v) is 7.56. The second-order valence-corrected chi connectivity index (χ2v) is 5.99. The van der Waals surface area contributed by atoms with Crippen molar-refractivity contribution in [2.45, 2.75) is 13.0 Å². The minimum atomic E-state index is -0.492. The molecule has 0 radical (unpaired) electrons. The van der Waals surface area contributed by atoms with E-state index >= 15 is 0 Å². The summed E-state index contributed by atoms with van der Waals surface area (Å²) in [5.74, 6) is -0.294. The SMILES string of the molecule is Cc1ccc2ccccc2c1C(N)c1cccc(Br)c1F. The molecule has 0 aliphatic carbocycles. The number of fused-ring (bicyclic) bond motifs is 1. The molecular formula is C18H15BrFN. The van der Waals surface area contributed by atoms with Gasteiger partial charge in [0.05, 0.1) is 10.5 Å². The number of halogens is 2.